The molecule has 3 fully saturated rings. The molecule has 2 aromatic rings. The first-order chi connectivity index (χ1) is 31.9. The molecule has 0 aliphatic carbocycles. The minimum Gasteiger partial charge on any atom is -0.480 e. The van der Waals surface area contributed by atoms with Crippen molar-refractivity contribution >= 4 is 100 Å². The van der Waals surface area contributed by atoms with Gasteiger partial charge in [-0.25, -0.2) is 14.4 Å². The van der Waals surface area contributed by atoms with Gasteiger partial charge in [0.05, 0.1) is 0 Å². The number of carbonyl (C=O) groups is 6. The quantitative estimate of drug-likeness (QED) is 0.0746. The van der Waals surface area contributed by atoms with Gasteiger partial charge in [0.25, 0.3) is 0 Å². The van der Waals surface area contributed by atoms with E-state index in [1.54, 1.807) is 65.5 Å². The molecule has 3 heterocycles. The number of rotatable bonds is 17. The average Bonchev–Trinajstić information content (AvgIpc) is 3.98. The summed E-state index contributed by atoms with van der Waals surface area (Å²) in [5.41, 5.74) is 22.6. The van der Waals surface area contributed by atoms with Gasteiger partial charge in [0.1, 0.15) is 18.1 Å². The maximum Gasteiger partial charge on any atom is 0.326 e. The van der Waals surface area contributed by atoms with Gasteiger partial charge in [-0.15, -0.1) is 0 Å². The van der Waals surface area contributed by atoms with Gasteiger partial charge in [-0.2, -0.15) is 44.7 Å². The van der Waals surface area contributed by atoms with E-state index < -0.39 is 36.0 Å². The molecule has 22 heteroatoms. The Balaban J connectivity index is -0.000000182. The number of amides is 3. The van der Waals surface area contributed by atoms with Crippen molar-refractivity contribution in [2.75, 3.05) is 19.6 Å². The molecule has 7 N–H and O–H groups in total. The van der Waals surface area contributed by atoms with E-state index >= 15 is 0 Å². The van der Waals surface area contributed by atoms with Gasteiger partial charge in [0.2, 0.25) is 17.7 Å². The molecule has 0 saturated carbocycles. The van der Waals surface area contributed by atoms with Crippen LogP contribution in [-0.4, -0.2) is 123 Å². The summed E-state index contributed by atoms with van der Waals surface area (Å²) >= 11 is 3.30. The first-order valence-electron chi connectivity index (χ1n) is 23.5. The van der Waals surface area contributed by atoms with Crippen molar-refractivity contribution in [3.8, 4) is 0 Å². The Hall–Kier alpha value is -1.41. The predicted octanol–water partition coefficient (Wildman–Crippen LogP) is 8.53. The molecule has 8 atom stereocenters. The second kappa shape index (κ2) is 48.2. The monoisotopic (exact) mass is 1320 g/mol. The second-order valence-corrected chi connectivity index (χ2v) is 16.9. The molecule has 5 rings (SSSR count). The number of aliphatic carboxylic acids is 3. The van der Waals surface area contributed by atoms with E-state index in [2.05, 4.69) is 32.2 Å². The topological polar surface area (TPSA) is 225 Å². The van der Waals surface area contributed by atoms with Crippen LogP contribution in [0.5, 0.6) is 0 Å². The van der Waals surface area contributed by atoms with E-state index in [0.29, 0.717) is 75.9 Å². The van der Waals surface area contributed by atoms with Crippen molar-refractivity contribution in [3.05, 3.63) is 71.8 Å². The number of nitrogens with two attached hydrogens (primary N) is 2. The molecule has 0 bridgehead atoms. The minimum absolute atomic E-state index is 0. The van der Waals surface area contributed by atoms with E-state index in [-0.39, 0.29) is 93.9 Å². The summed E-state index contributed by atoms with van der Waals surface area (Å²) in [5, 5.41) is 26.9. The molecular formula is C49H79B3I2N5O9V3. The standard InChI is InChI=1S/3C11H19NO3.2C8H11N.2BI.B.3V/c3*1-3-5-8-6-10(13)12(7-8)9(4-2)11(14)15;2*1-7(9)8-5-3-2-4-6-8;2*1-2;;;;/h3*8-9H,3-7H2,1-2H3,(H,14,15);2*2-7H,9H2,1H3;;;;;;/t8?,9-;2*8-,9+;2*7-;;;;;;/m01111....../s1. The fourth-order valence-electron chi connectivity index (χ4n) is 8.23. The molecule has 3 aliphatic heterocycles. The van der Waals surface area contributed by atoms with E-state index in [4.69, 9.17) is 26.8 Å². The number of hydrogen-bond donors (Lipinski definition) is 5. The summed E-state index contributed by atoms with van der Waals surface area (Å²) in [6.45, 7) is 17.5. The van der Waals surface area contributed by atoms with Crippen LogP contribution < -0.4 is 11.5 Å². The van der Waals surface area contributed by atoms with Gasteiger partial charge >= 0.3 is 17.9 Å². The van der Waals surface area contributed by atoms with Crippen molar-refractivity contribution < 1.29 is 99.8 Å². The molecule has 71 heavy (non-hydrogen) atoms. The number of halogens is 2. The van der Waals surface area contributed by atoms with Gasteiger partial charge in [-0.1, -0.05) is 121 Å². The Morgan fingerprint density at radius 1 is 0.521 bits per heavy atom. The maximum atomic E-state index is 11.6. The first-order valence-corrected chi connectivity index (χ1v) is 26.0. The van der Waals surface area contributed by atoms with Crippen LogP contribution in [0.15, 0.2) is 60.7 Å². The molecule has 10 radical (unpaired) electrons. The van der Waals surface area contributed by atoms with E-state index in [1.807, 2.05) is 74.5 Å². The molecule has 3 saturated heterocycles. The van der Waals surface area contributed by atoms with Crippen LogP contribution in [0.2, 0.25) is 0 Å². The number of carboxylic acids is 3. The normalized spacial score (nSPS) is 18.2. The Bertz CT molecular complexity index is 1540. The third-order valence-electron chi connectivity index (χ3n) is 11.6. The summed E-state index contributed by atoms with van der Waals surface area (Å²) in [6, 6.07) is 18.5. The fourth-order valence-corrected chi connectivity index (χ4v) is 8.23. The van der Waals surface area contributed by atoms with Crippen LogP contribution in [0.4, 0.5) is 0 Å². The summed E-state index contributed by atoms with van der Waals surface area (Å²) < 4.78 is 0. The first kappa shape index (κ1) is 81.0. The van der Waals surface area contributed by atoms with Gasteiger partial charge in [-0.05, 0) is 81.3 Å². The van der Waals surface area contributed by atoms with Crippen LogP contribution in [0.1, 0.15) is 156 Å². The zero-order valence-electron chi connectivity index (χ0n) is 43.1. The molecule has 3 aliphatic rings. The van der Waals surface area contributed by atoms with Gasteiger partial charge in [-0.3, -0.25) is 14.4 Å². The smallest absolute Gasteiger partial charge is 0.326 e. The summed E-state index contributed by atoms with van der Waals surface area (Å²) in [5.74, 6) is -1.58. The number of carboxylic acid groups (broad SMARTS) is 3. The summed E-state index contributed by atoms with van der Waals surface area (Å²) in [6.07, 6.45) is 9.22. The fraction of sp³-hybridized carbons (Fsp3) is 0.633. The van der Waals surface area contributed by atoms with Crippen molar-refractivity contribution in [1.82, 2.24) is 14.7 Å². The second-order valence-electron chi connectivity index (χ2n) is 16.9. The number of carbonyl (C=O) groups excluding carboxylic acids is 3. The summed E-state index contributed by atoms with van der Waals surface area (Å²) in [4.78, 5) is 72.3. The predicted molar refractivity (Wildman–Crippen MR) is 293 cm³/mol. The third kappa shape index (κ3) is 31.9. The SMILES string of the molecule is CCCC1CC(=O)N([C@@H](CC)C(=O)O)C1.CCC[C@@H]1CC(=O)N([C@@H](CC)C(=O)O)C1.CCC[C@@H]1CC(=O)N([C@@H](CC)C(=O)O)C1.C[C@@H](N)c1ccccc1.C[C@@H](N)c1ccccc1.[B].[B]I.[B]I.[V].[V].[V]. The number of likely N-dealkylation sites (tertiary alicyclic amines) is 3. The molecule has 3 amide bonds. The van der Waals surface area contributed by atoms with E-state index in [9.17, 15) is 28.8 Å². The molecule has 14 nitrogen and oxygen atoms in total. The number of hydrogen-bond acceptors (Lipinski definition) is 8. The van der Waals surface area contributed by atoms with Crippen molar-refractivity contribution in [2.24, 2.45) is 29.2 Å². The molecule has 0 spiro atoms. The van der Waals surface area contributed by atoms with Crippen LogP contribution in [0.25, 0.3) is 0 Å². The molecule has 1 unspecified atom stereocenters. The van der Waals surface area contributed by atoms with Crippen LogP contribution in [0, 0.1) is 17.8 Å². The van der Waals surface area contributed by atoms with Crippen molar-refractivity contribution in [1.29, 1.82) is 0 Å². The molecule has 2 aromatic carbocycles. The average molecular weight is 1320 g/mol. The Morgan fingerprint density at radius 2 is 0.732 bits per heavy atom. The zero-order chi connectivity index (χ0) is 51.6. The van der Waals surface area contributed by atoms with Gasteiger partial charge in [0.15, 0.2) is 11.4 Å². The van der Waals surface area contributed by atoms with Crippen LogP contribution in [0.3, 0.4) is 0 Å². The number of nitrogens with zero attached hydrogens (tertiary/aromatic N) is 3. The van der Waals surface area contributed by atoms with E-state index in [1.165, 1.54) is 25.8 Å². The Kier molecular flexibility index (Phi) is 55.0. The maximum absolute atomic E-state index is 11.6. The third-order valence-corrected chi connectivity index (χ3v) is 11.6. The molecular weight excluding hydrogens is 1240 g/mol. The Labute approximate surface area is 493 Å². The van der Waals surface area contributed by atoms with Gasteiger partial charge < -0.3 is 41.5 Å². The molecule has 392 valence electrons. The largest absolute Gasteiger partial charge is 0.480 e. The minimum atomic E-state index is -0.886. The van der Waals surface area contributed by atoms with Crippen molar-refractivity contribution in [3.63, 3.8) is 0 Å². The Morgan fingerprint density at radius 3 is 0.873 bits per heavy atom. The molecule has 0 aromatic heterocycles. The zero-order valence-corrected chi connectivity index (χ0v) is 51.6. The number of benzene rings is 2. The van der Waals surface area contributed by atoms with Crippen LogP contribution in [-0.2, 0) is 84.4 Å². The summed E-state index contributed by atoms with van der Waals surface area (Å²) in [7, 11) is 0. The van der Waals surface area contributed by atoms with E-state index in [0.717, 1.165) is 38.5 Å². The van der Waals surface area contributed by atoms with Gasteiger partial charge in [0, 0.05) is 115 Å². The van der Waals surface area contributed by atoms with Crippen molar-refractivity contribution in [2.45, 2.75) is 163 Å². The van der Waals surface area contributed by atoms with Crippen LogP contribution >= 0.6 is 44.7 Å².